The zero-order valence-corrected chi connectivity index (χ0v) is 10.1. The summed E-state index contributed by atoms with van der Waals surface area (Å²) < 4.78 is 11.4. The van der Waals surface area contributed by atoms with Gasteiger partial charge in [0.05, 0.1) is 12.3 Å². The molecule has 1 unspecified atom stereocenters. The van der Waals surface area contributed by atoms with Crippen molar-refractivity contribution in [2.45, 2.75) is 38.5 Å². The van der Waals surface area contributed by atoms with Crippen LogP contribution in [0.3, 0.4) is 0 Å². The van der Waals surface area contributed by atoms with Gasteiger partial charge < -0.3 is 8.85 Å². The first kappa shape index (κ1) is 9.44. The molecule has 0 aromatic carbocycles. The molecule has 0 bridgehead atoms. The van der Waals surface area contributed by atoms with E-state index in [9.17, 15) is 0 Å². The van der Waals surface area contributed by atoms with Crippen LogP contribution in [0.25, 0.3) is 0 Å². The van der Waals surface area contributed by atoms with Gasteiger partial charge in [0.15, 0.2) is 8.32 Å². The number of ether oxygens (including phenoxy) is 1. The van der Waals surface area contributed by atoms with Crippen molar-refractivity contribution >= 4 is 16.6 Å². The Morgan fingerprint density at radius 1 is 1.18 bits per heavy atom. The lowest BCUT2D eigenvalue weighted by Crippen LogP contribution is -2.46. The number of rotatable bonds is 3. The molecule has 1 aliphatic heterocycles. The van der Waals surface area contributed by atoms with Gasteiger partial charge in [0, 0.05) is 0 Å². The third-order valence-corrected chi connectivity index (χ3v) is 8.12. The van der Waals surface area contributed by atoms with Crippen LogP contribution in [0.5, 0.6) is 0 Å². The minimum absolute atomic E-state index is 0.481. The van der Waals surface area contributed by atoms with E-state index in [1.54, 1.807) is 0 Å². The van der Waals surface area contributed by atoms with E-state index < -0.39 is 16.6 Å². The number of hydrogen-bond acceptors (Lipinski definition) is 2. The van der Waals surface area contributed by atoms with Crippen LogP contribution < -0.4 is 0 Å². The topological polar surface area (TPSA) is 21.8 Å². The molecule has 1 fully saturated rings. The maximum Gasteiger partial charge on any atom is 0.205 e. The van der Waals surface area contributed by atoms with Gasteiger partial charge in [0.2, 0.25) is 8.32 Å². The highest BCUT2D eigenvalue weighted by Crippen LogP contribution is 2.26. The highest BCUT2D eigenvalue weighted by atomic mass is 28.4. The van der Waals surface area contributed by atoms with Crippen LogP contribution in [0.15, 0.2) is 0 Å². The Bertz CT molecular complexity index is 147. The van der Waals surface area contributed by atoms with Gasteiger partial charge in [-0.05, 0) is 32.7 Å². The van der Waals surface area contributed by atoms with E-state index in [-0.39, 0.29) is 0 Å². The summed E-state index contributed by atoms with van der Waals surface area (Å²) in [5, 5.41) is 0. The lowest BCUT2D eigenvalue weighted by Gasteiger charge is -2.29. The van der Waals surface area contributed by atoms with Crippen molar-refractivity contribution in [2.75, 3.05) is 6.61 Å². The smallest absolute Gasteiger partial charge is 0.205 e. The van der Waals surface area contributed by atoms with Crippen LogP contribution in [0.4, 0.5) is 0 Å². The fourth-order valence-corrected chi connectivity index (χ4v) is 9.04. The first-order valence-corrected chi connectivity index (χ1v) is 10.5. The molecule has 1 aliphatic rings. The van der Waals surface area contributed by atoms with Gasteiger partial charge in [-0.25, -0.2) is 0 Å². The monoisotopic (exact) mass is 190 g/mol. The first-order valence-electron chi connectivity index (χ1n) is 4.13. The molecule has 11 heavy (non-hydrogen) atoms. The molecule has 1 heterocycles. The Balaban J connectivity index is 2.45. The van der Waals surface area contributed by atoms with Crippen LogP contribution in [-0.2, 0) is 8.85 Å². The van der Waals surface area contributed by atoms with Crippen molar-refractivity contribution in [2.24, 2.45) is 0 Å². The summed E-state index contributed by atoms with van der Waals surface area (Å²) in [5.41, 5.74) is 0.481. The van der Waals surface area contributed by atoms with Crippen LogP contribution in [0.2, 0.25) is 32.7 Å². The standard InChI is InChI=1S/C7H18O2Si2/c1-10(2,3)9-11(4,5)7-6-8-7/h7H,6H2,1-5H3. The second kappa shape index (κ2) is 2.69. The molecular weight excluding hydrogens is 172 g/mol. The summed E-state index contributed by atoms with van der Waals surface area (Å²) in [6.45, 7) is 12.2. The Labute approximate surface area is 71.2 Å². The predicted molar refractivity (Wildman–Crippen MR) is 51.7 cm³/mol. The molecule has 0 radical (unpaired) electrons. The zero-order chi connectivity index (χ0) is 8.70. The van der Waals surface area contributed by atoms with Gasteiger partial charge in [-0.3, -0.25) is 0 Å². The second-order valence-corrected chi connectivity index (χ2v) is 13.5. The van der Waals surface area contributed by atoms with E-state index in [0.717, 1.165) is 6.61 Å². The van der Waals surface area contributed by atoms with E-state index in [0.29, 0.717) is 5.73 Å². The fraction of sp³-hybridized carbons (Fsp3) is 1.00. The van der Waals surface area contributed by atoms with Gasteiger partial charge in [-0.1, -0.05) is 0 Å². The van der Waals surface area contributed by atoms with E-state index >= 15 is 0 Å². The third-order valence-electron chi connectivity index (χ3n) is 1.68. The fourth-order valence-electron chi connectivity index (χ4n) is 1.30. The lowest BCUT2D eigenvalue weighted by atomic mass is 11.0. The van der Waals surface area contributed by atoms with Crippen LogP contribution >= 0.6 is 0 Å². The van der Waals surface area contributed by atoms with E-state index in [1.165, 1.54) is 0 Å². The number of hydrogen-bond donors (Lipinski definition) is 0. The molecule has 4 heteroatoms. The lowest BCUT2D eigenvalue weighted by molar-refractivity contribution is 0.422. The third kappa shape index (κ3) is 3.07. The summed E-state index contributed by atoms with van der Waals surface area (Å²) >= 11 is 0. The van der Waals surface area contributed by atoms with Crippen molar-refractivity contribution in [3.8, 4) is 0 Å². The zero-order valence-electron chi connectivity index (χ0n) is 8.10. The van der Waals surface area contributed by atoms with Gasteiger partial charge >= 0.3 is 0 Å². The molecule has 0 aliphatic carbocycles. The molecule has 2 nitrogen and oxygen atoms in total. The van der Waals surface area contributed by atoms with Crippen molar-refractivity contribution in [3.63, 3.8) is 0 Å². The largest absolute Gasteiger partial charge is 0.454 e. The molecule has 0 aromatic heterocycles. The molecule has 66 valence electrons. The highest BCUT2D eigenvalue weighted by molar-refractivity contribution is 6.85. The molecule has 1 rings (SSSR count). The molecule has 1 saturated heterocycles. The molecule has 0 aromatic rings. The maximum absolute atomic E-state index is 6.10. The molecule has 0 amide bonds. The number of epoxide rings is 1. The van der Waals surface area contributed by atoms with Gasteiger partial charge in [0.1, 0.15) is 0 Å². The van der Waals surface area contributed by atoms with E-state index in [4.69, 9.17) is 8.85 Å². The second-order valence-electron chi connectivity index (χ2n) is 4.64. The van der Waals surface area contributed by atoms with Gasteiger partial charge in [-0.15, -0.1) is 0 Å². The summed E-state index contributed by atoms with van der Waals surface area (Å²) in [7, 11) is -2.80. The molecule has 1 atom stereocenters. The first-order chi connectivity index (χ1) is 4.81. The van der Waals surface area contributed by atoms with Crippen molar-refractivity contribution < 1.29 is 8.85 Å². The maximum atomic E-state index is 6.10. The molecule has 0 saturated carbocycles. The average Bonchev–Trinajstić information content (AvgIpc) is 2.30. The minimum atomic E-state index is -1.47. The molecular formula is C7H18O2Si2. The Kier molecular flexibility index (Phi) is 2.31. The van der Waals surface area contributed by atoms with Crippen LogP contribution in [-0.4, -0.2) is 29.0 Å². The van der Waals surface area contributed by atoms with Crippen LogP contribution in [0, 0.1) is 0 Å². The molecule has 0 spiro atoms. The van der Waals surface area contributed by atoms with E-state index in [1.807, 2.05) is 0 Å². The molecule has 0 N–H and O–H groups in total. The Morgan fingerprint density at radius 2 is 1.64 bits per heavy atom. The summed E-state index contributed by atoms with van der Waals surface area (Å²) in [6.07, 6.45) is 0. The van der Waals surface area contributed by atoms with Gasteiger partial charge in [-0.2, -0.15) is 0 Å². The van der Waals surface area contributed by atoms with Crippen molar-refractivity contribution in [1.29, 1.82) is 0 Å². The summed E-state index contributed by atoms with van der Waals surface area (Å²) in [4.78, 5) is 0. The summed E-state index contributed by atoms with van der Waals surface area (Å²) in [5.74, 6) is 0. The Hall–Kier alpha value is 0.354. The average molecular weight is 190 g/mol. The quantitative estimate of drug-likeness (QED) is 0.501. The van der Waals surface area contributed by atoms with Crippen molar-refractivity contribution in [1.82, 2.24) is 0 Å². The summed E-state index contributed by atoms with van der Waals surface area (Å²) in [6, 6.07) is 0. The predicted octanol–water partition coefficient (Wildman–Crippen LogP) is 1.98. The van der Waals surface area contributed by atoms with Gasteiger partial charge in [0.25, 0.3) is 0 Å². The normalized spacial score (nSPS) is 25.4. The van der Waals surface area contributed by atoms with Crippen molar-refractivity contribution in [3.05, 3.63) is 0 Å². The highest BCUT2D eigenvalue weighted by Gasteiger charge is 2.45. The van der Waals surface area contributed by atoms with E-state index in [2.05, 4.69) is 32.7 Å². The SMILES string of the molecule is C[Si](C)(C)O[Si](C)(C)C1CO1. The Morgan fingerprint density at radius 3 is 1.91 bits per heavy atom. The minimum Gasteiger partial charge on any atom is -0.454 e. The van der Waals surface area contributed by atoms with Crippen LogP contribution in [0.1, 0.15) is 0 Å².